The van der Waals surface area contributed by atoms with E-state index in [1.54, 1.807) is 18.2 Å². The van der Waals surface area contributed by atoms with Gasteiger partial charge >= 0.3 is 0 Å². The van der Waals surface area contributed by atoms with Gasteiger partial charge in [-0.1, -0.05) is 0 Å². The number of carbonyl (C=O) groups is 1. The van der Waals surface area contributed by atoms with E-state index in [4.69, 9.17) is 18.9 Å². The Morgan fingerprint density at radius 1 is 1.26 bits per heavy atom. The molecule has 0 bridgehead atoms. The second kappa shape index (κ2) is 6.54. The molecule has 5 heteroatoms. The lowest BCUT2D eigenvalue weighted by Gasteiger charge is -2.17. The van der Waals surface area contributed by atoms with Crippen LogP contribution in [0.5, 0.6) is 11.5 Å². The van der Waals surface area contributed by atoms with E-state index in [0.29, 0.717) is 36.9 Å². The van der Waals surface area contributed by atoms with E-state index < -0.39 is 0 Å². The molecule has 104 valence electrons. The Balaban J connectivity index is 1.94. The fraction of sp³-hybridized carbons (Fsp3) is 0.500. The molecule has 0 aliphatic carbocycles. The summed E-state index contributed by atoms with van der Waals surface area (Å²) in [5.41, 5.74) is 0.610. The molecule has 1 heterocycles. The largest absolute Gasteiger partial charge is 0.488 e. The van der Waals surface area contributed by atoms with E-state index in [1.165, 1.54) is 0 Å². The van der Waals surface area contributed by atoms with Crippen LogP contribution in [0, 0.1) is 0 Å². The molecule has 19 heavy (non-hydrogen) atoms. The van der Waals surface area contributed by atoms with Crippen LogP contribution in [0.1, 0.15) is 24.2 Å². The molecule has 2 rings (SSSR count). The standard InChI is InChI=1S/C14H18O5/c1-3-16-14(17-4-2)9-18-10-5-6-11-12(15)8-19-13(11)7-10/h5-7,14H,3-4,8-9H2,1-2H3. The molecule has 0 spiro atoms. The van der Waals surface area contributed by atoms with Crippen molar-refractivity contribution in [2.24, 2.45) is 0 Å². The maximum Gasteiger partial charge on any atom is 0.203 e. The van der Waals surface area contributed by atoms with E-state index in [2.05, 4.69) is 0 Å². The van der Waals surface area contributed by atoms with E-state index in [1.807, 2.05) is 13.8 Å². The Hall–Kier alpha value is -1.59. The summed E-state index contributed by atoms with van der Waals surface area (Å²) in [5, 5.41) is 0. The first-order chi connectivity index (χ1) is 9.24. The summed E-state index contributed by atoms with van der Waals surface area (Å²) in [4.78, 5) is 11.4. The van der Waals surface area contributed by atoms with Crippen molar-refractivity contribution in [1.29, 1.82) is 0 Å². The zero-order valence-electron chi connectivity index (χ0n) is 11.2. The van der Waals surface area contributed by atoms with Crippen LogP contribution in [-0.4, -0.2) is 38.5 Å². The molecule has 0 fully saturated rings. The maximum atomic E-state index is 11.4. The third-order valence-electron chi connectivity index (χ3n) is 2.70. The smallest absolute Gasteiger partial charge is 0.203 e. The lowest BCUT2D eigenvalue weighted by Crippen LogP contribution is -2.25. The molecule has 1 aromatic carbocycles. The maximum absolute atomic E-state index is 11.4. The SMILES string of the molecule is CCOC(COc1ccc2c(c1)OCC2=O)OCC. The third-order valence-corrected chi connectivity index (χ3v) is 2.70. The van der Waals surface area contributed by atoms with Crippen LogP contribution in [0.3, 0.4) is 0 Å². The minimum absolute atomic E-state index is 0.00283. The molecule has 0 unspecified atom stereocenters. The molecule has 0 aromatic heterocycles. The topological polar surface area (TPSA) is 54.0 Å². The average molecular weight is 266 g/mol. The molecule has 0 saturated carbocycles. The van der Waals surface area contributed by atoms with Crippen LogP contribution in [-0.2, 0) is 9.47 Å². The Morgan fingerprint density at radius 2 is 2.00 bits per heavy atom. The van der Waals surface area contributed by atoms with Crippen LogP contribution < -0.4 is 9.47 Å². The van der Waals surface area contributed by atoms with Crippen molar-refractivity contribution < 1.29 is 23.7 Å². The molecular formula is C14H18O5. The number of hydrogen-bond acceptors (Lipinski definition) is 5. The monoisotopic (exact) mass is 266 g/mol. The predicted molar refractivity (Wildman–Crippen MR) is 68.8 cm³/mol. The van der Waals surface area contributed by atoms with E-state index in [9.17, 15) is 4.79 Å². The molecule has 1 aliphatic heterocycles. The van der Waals surface area contributed by atoms with Crippen LogP contribution in [0.4, 0.5) is 0 Å². The third kappa shape index (κ3) is 3.45. The van der Waals surface area contributed by atoms with E-state index in [-0.39, 0.29) is 18.7 Å². The van der Waals surface area contributed by atoms with Gasteiger partial charge in [-0.3, -0.25) is 4.79 Å². The lowest BCUT2D eigenvalue weighted by atomic mass is 10.1. The van der Waals surface area contributed by atoms with Gasteiger partial charge in [0.25, 0.3) is 0 Å². The Labute approximate surface area is 112 Å². The minimum Gasteiger partial charge on any atom is -0.488 e. The van der Waals surface area contributed by atoms with Crippen molar-refractivity contribution in [2.45, 2.75) is 20.1 Å². The predicted octanol–water partition coefficient (Wildman–Crippen LogP) is 2.04. The first-order valence-corrected chi connectivity index (χ1v) is 6.40. The Kier molecular flexibility index (Phi) is 4.76. The van der Waals surface area contributed by atoms with Crippen molar-refractivity contribution in [2.75, 3.05) is 26.4 Å². The summed E-state index contributed by atoms with van der Waals surface area (Å²) in [6.45, 7) is 5.35. The number of Topliss-reactive ketones (excluding diaryl/α,β-unsaturated/α-hetero) is 1. The summed E-state index contributed by atoms with van der Waals surface area (Å²) in [6, 6.07) is 5.19. The summed E-state index contributed by atoms with van der Waals surface area (Å²) in [6.07, 6.45) is -0.384. The number of ether oxygens (including phenoxy) is 4. The zero-order chi connectivity index (χ0) is 13.7. The number of hydrogen-bond donors (Lipinski definition) is 0. The second-order valence-corrected chi connectivity index (χ2v) is 4.02. The molecule has 1 aliphatic rings. The average Bonchev–Trinajstić information content (AvgIpc) is 2.78. The molecular weight excluding hydrogens is 248 g/mol. The number of benzene rings is 1. The van der Waals surface area contributed by atoms with Crippen molar-refractivity contribution >= 4 is 5.78 Å². The number of ketones is 1. The lowest BCUT2D eigenvalue weighted by molar-refractivity contribution is -0.152. The summed E-state index contributed by atoms with van der Waals surface area (Å²) in [7, 11) is 0. The van der Waals surface area contributed by atoms with Crippen molar-refractivity contribution in [3.8, 4) is 11.5 Å². The molecule has 1 aromatic rings. The highest BCUT2D eigenvalue weighted by molar-refractivity contribution is 6.02. The van der Waals surface area contributed by atoms with Crippen LogP contribution >= 0.6 is 0 Å². The van der Waals surface area contributed by atoms with E-state index >= 15 is 0 Å². The molecule has 0 saturated heterocycles. The molecule has 0 radical (unpaired) electrons. The van der Waals surface area contributed by atoms with Gasteiger partial charge in [0, 0.05) is 19.3 Å². The van der Waals surface area contributed by atoms with Gasteiger partial charge in [-0.2, -0.15) is 0 Å². The van der Waals surface area contributed by atoms with Gasteiger partial charge in [-0.25, -0.2) is 0 Å². The Bertz CT molecular complexity index is 437. The van der Waals surface area contributed by atoms with Crippen LogP contribution in [0.15, 0.2) is 18.2 Å². The van der Waals surface area contributed by atoms with E-state index in [0.717, 1.165) is 0 Å². The fourth-order valence-corrected chi connectivity index (χ4v) is 1.84. The van der Waals surface area contributed by atoms with Gasteiger partial charge in [0.2, 0.25) is 5.78 Å². The van der Waals surface area contributed by atoms with Gasteiger partial charge in [-0.05, 0) is 26.0 Å². The molecule has 0 N–H and O–H groups in total. The van der Waals surface area contributed by atoms with Gasteiger partial charge < -0.3 is 18.9 Å². The fourth-order valence-electron chi connectivity index (χ4n) is 1.84. The number of rotatable bonds is 7. The highest BCUT2D eigenvalue weighted by Crippen LogP contribution is 2.29. The summed E-state index contributed by atoms with van der Waals surface area (Å²) in [5.74, 6) is 1.22. The quantitative estimate of drug-likeness (QED) is 0.707. The molecule has 0 atom stereocenters. The first kappa shape index (κ1) is 13.8. The summed E-state index contributed by atoms with van der Waals surface area (Å²) >= 11 is 0. The van der Waals surface area contributed by atoms with Gasteiger partial charge in [-0.15, -0.1) is 0 Å². The van der Waals surface area contributed by atoms with Crippen LogP contribution in [0.2, 0.25) is 0 Å². The van der Waals surface area contributed by atoms with Gasteiger partial charge in [0.15, 0.2) is 12.9 Å². The molecule has 0 amide bonds. The normalized spacial score (nSPS) is 13.5. The zero-order valence-corrected chi connectivity index (χ0v) is 11.2. The number of carbonyl (C=O) groups excluding carboxylic acids is 1. The Morgan fingerprint density at radius 3 is 2.68 bits per heavy atom. The van der Waals surface area contributed by atoms with Crippen LogP contribution in [0.25, 0.3) is 0 Å². The van der Waals surface area contributed by atoms with Crippen molar-refractivity contribution in [3.63, 3.8) is 0 Å². The van der Waals surface area contributed by atoms with Gasteiger partial charge in [0.05, 0.1) is 5.56 Å². The van der Waals surface area contributed by atoms with Crippen molar-refractivity contribution in [1.82, 2.24) is 0 Å². The second-order valence-electron chi connectivity index (χ2n) is 4.02. The molecule has 5 nitrogen and oxygen atoms in total. The van der Waals surface area contributed by atoms with Crippen molar-refractivity contribution in [3.05, 3.63) is 23.8 Å². The van der Waals surface area contributed by atoms with Gasteiger partial charge in [0.1, 0.15) is 18.1 Å². The minimum atomic E-state index is -0.384. The summed E-state index contributed by atoms with van der Waals surface area (Å²) < 4.78 is 21.6. The highest BCUT2D eigenvalue weighted by Gasteiger charge is 2.21. The number of fused-ring (bicyclic) bond motifs is 1. The highest BCUT2D eigenvalue weighted by atomic mass is 16.7. The first-order valence-electron chi connectivity index (χ1n) is 6.40.